The molecule has 0 aliphatic carbocycles. The molecular formula is C15H16ClN3O2S. The minimum atomic E-state index is -0.946. The van der Waals surface area contributed by atoms with Crippen LogP contribution in [0.3, 0.4) is 0 Å². The molecule has 7 heteroatoms. The van der Waals surface area contributed by atoms with E-state index in [9.17, 15) is 9.00 Å². The number of fused-ring (bicyclic) bond motifs is 1. The molecule has 0 radical (unpaired) electrons. The molecule has 1 unspecified atom stereocenters. The van der Waals surface area contributed by atoms with Crippen molar-refractivity contribution in [2.75, 3.05) is 5.32 Å². The summed E-state index contributed by atoms with van der Waals surface area (Å²) in [6.45, 7) is 3.65. The van der Waals surface area contributed by atoms with Gasteiger partial charge in [0.25, 0.3) is 0 Å². The number of carbonyl (C=O) groups excluding carboxylic acids is 1. The van der Waals surface area contributed by atoms with E-state index in [1.807, 2.05) is 26.0 Å². The van der Waals surface area contributed by atoms with E-state index in [-0.39, 0.29) is 11.8 Å². The highest BCUT2D eigenvalue weighted by Crippen LogP contribution is 2.32. The quantitative estimate of drug-likeness (QED) is 0.936. The van der Waals surface area contributed by atoms with E-state index < -0.39 is 10.8 Å². The fraction of sp³-hybridized carbons (Fsp3) is 0.333. The highest BCUT2D eigenvalue weighted by Gasteiger charge is 2.28. The number of rotatable bonds is 3. The van der Waals surface area contributed by atoms with Crippen molar-refractivity contribution in [3.8, 4) is 5.69 Å². The summed E-state index contributed by atoms with van der Waals surface area (Å²) in [5, 5.41) is 8.02. The van der Waals surface area contributed by atoms with E-state index in [0.717, 1.165) is 16.9 Å². The molecule has 0 saturated carbocycles. The van der Waals surface area contributed by atoms with Crippen molar-refractivity contribution >= 4 is 34.1 Å². The summed E-state index contributed by atoms with van der Waals surface area (Å²) in [5.41, 5.74) is 2.40. The molecule has 1 aromatic heterocycles. The molecule has 1 aliphatic rings. The van der Waals surface area contributed by atoms with Crippen molar-refractivity contribution in [1.82, 2.24) is 9.78 Å². The Hall–Kier alpha value is -1.66. The molecule has 5 nitrogen and oxygen atoms in total. The van der Waals surface area contributed by atoms with Gasteiger partial charge < -0.3 is 5.32 Å². The molecule has 1 aromatic carbocycles. The Kier molecular flexibility index (Phi) is 4.06. The highest BCUT2D eigenvalue weighted by molar-refractivity contribution is 7.83. The van der Waals surface area contributed by atoms with Gasteiger partial charge in [-0.15, -0.1) is 0 Å². The van der Waals surface area contributed by atoms with Gasteiger partial charge in [0.15, 0.2) is 0 Å². The highest BCUT2D eigenvalue weighted by atomic mass is 35.5. The molecule has 2 heterocycles. The fourth-order valence-corrected chi connectivity index (χ4v) is 3.76. The first-order valence-electron chi connectivity index (χ1n) is 6.98. The summed E-state index contributed by atoms with van der Waals surface area (Å²) >= 11 is 6.04. The van der Waals surface area contributed by atoms with E-state index in [0.29, 0.717) is 22.3 Å². The first-order valence-corrected chi connectivity index (χ1v) is 8.85. The lowest BCUT2D eigenvalue weighted by molar-refractivity contribution is -0.118. The Morgan fingerprint density at radius 3 is 2.86 bits per heavy atom. The average molecular weight is 338 g/mol. The number of hydrogen-bond donors (Lipinski definition) is 1. The zero-order valence-electron chi connectivity index (χ0n) is 12.3. The Labute approximate surface area is 136 Å². The Balaban J connectivity index is 2.09. The van der Waals surface area contributed by atoms with E-state index >= 15 is 0 Å². The molecular weight excluding hydrogens is 322 g/mol. The number of hydrogen-bond acceptors (Lipinski definition) is 3. The molecule has 1 atom stereocenters. The first kappa shape index (κ1) is 15.2. The van der Waals surface area contributed by atoms with Crippen molar-refractivity contribution in [1.29, 1.82) is 0 Å². The molecule has 3 rings (SSSR count). The van der Waals surface area contributed by atoms with Gasteiger partial charge >= 0.3 is 0 Å². The van der Waals surface area contributed by atoms with Crippen molar-refractivity contribution < 1.29 is 9.00 Å². The van der Waals surface area contributed by atoms with Crippen molar-refractivity contribution in [2.24, 2.45) is 5.92 Å². The van der Waals surface area contributed by atoms with Crippen molar-refractivity contribution in [3.63, 3.8) is 0 Å². The summed E-state index contributed by atoms with van der Waals surface area (Å²) < 4.78 is 13.4. The van der Waals surface area contributed by atoms with Gasteiger partial charge in [0.1, 0.15) is 5.82 Å². The van der Waals surface area contributed by atoms with Crippen LogP contribution in [0.1, 0.15) is 25.1 Å². The van der Waals surface area contributed by atoms with Crippen LogP contribution in [0, 0.1) is 5.92 Å². The number of halogens is 1. The minimum absolute atomic E-state index is 0.0938. The third-order valence-corrected chi connectivity index (χ3v) is 4.93. The molecule has 0 saturated heterocycles. The summed E-state index contributed by atoms with van der Waals surface area (Å²) in [7, 11) is -0.946. The van der Waals surface area contributed by atoms with Crippen LogP contribution in [0.4, 0.5) is 5.82 Å². The van der Waals surface area contributed by atoms with Crippen LogP contribution < -0.4 is 5.32 Å². The van der Waals surface area contributed by atoms with Gasteiger partial charge in [-0.1, -0.05) is 31.5 Å². The van der Waals surface area contributed by atoms with Gasteiger partial charge in [-0.2, -0.15) is 5.10 Å². The van der Waals surface area contributed by atoms with Crippen LogP contribution in [0.5, 0.6) is 0 Å². The lowest BCUT2D eigenvalue weighted by Crippen LogP contribution is -2.21. The maximum atomic E-state index is 12.1. The van der Waals surface area contributed by atoms with Crippen molar-refractivity contribution in [3.05, 3.63) is 40.5 Å². The second-order valence-corrected chi connectivity index (χ2v) is 7.43. The predicted octanol–water partition coefficient (Wildman–Crippen LogP) is 2.88. The molecule has 22 heavy (non-hydrogen) atoms. The maximum absolute atomic E-state index is 12.1. The first-order chi connectivity index (χ1) is 10.5. The zero-order chi connectivity index (χ0) is 15.9. The topological polar surface area (TPSA) is 64.0 Å². The van der Waals surface area contributed by atoms with Gasteiger partial charge in [-0.05, 0) is 18.2 Å². The monoisotopic (exact) mass is 337 g/mol. The van der Waals surface area contributed by atoms with Gasteiger partial charge in [-0.25, -0.2) is 4.68 Å². The Morgan fingerprint density at radius 1 is 1.41 bits per heavy atom. The molecule has 1 aliphatic heterocycles. The van der Waals surface area contributed by atoms with Crippen LogP contribution >= 0.6 is 11.6 Å². The number of amides is 1. The second kappa shape index (κ2) is 5.85. The lowest BCUT2D eigenvalue weighted by atomic mass is 10.2. The van der Waals surface area contributed by atoms with E-state index in [2.05, 4.69) is 10.4 Å². The molecule has 2 aromatic rings. The van der Waals surface area contributed by atoms with Gasteiger partial charge in [0.05, 0.1) is 22.9 Å². The second-order valence-electron chi connectivity index (χ2n) is 5.54. The molecule has 0 spiro atoms. The fourth-order valence-electron chi connectivity index (χ4n) is 2.31. The third-order valence-electron chi connectivity index (χ3n) is 3.49. The van der Waals surface area contributed by atoms with Crippen LogP contribution in [-0.4, -0.2) is 19.9 Å². The van der Waals surface area contributed by atoms with Gasteiger partial charge in [-0.3, -0.25) is 9.00 Å². The van der Waals surface area contributed by atoms with Gasteiger partial charge in [0, 0.05) is 27.3 Å². The number of nitrogens with one attached hydrogen (secondary N) is 1. The molecule has 116 valence electrons. The summed E-state index contributed by atoms with van der Waals surface area (Å²) in [6.07, 6.45) is 0. The standard InChI is InChI=1S/C15H16ClN3O2S/c1-9(2)15(20)17-14-12-7-22(21)8-13(12)18-19(14)11-5-3-4-10(16)6-11/h3-6,9H,7-8H2,1-2H3,(H,17,20). The number of benzene rings is 1. The van der Waals surface area contributed by atoms with Crippen LogP contribution in [-0.2, 0) is 27.1 Å². The van der Waals surface area contributed by atoms with Gasteiger partial charge in [0.2, 0.25) is 5.91 Å². The number of carbonyl (C=O) groups is 1. The number of aromatic nitrogens is 2. The van der Waals surface area contributed by atoms with Crippen LogP contribution in [0.15, 0.2) is 24.3 Å². The number of nitrogens with zero attached hydrogens (tertiary/aromatic N) is 2. The molecule has 0 bridgehead atoms. The Morgan fingerprint density at radius 2 is 2.18 bits per heavy atom. The molecule has 1 amide bonds. The van der Waals surface area contributed by atoms with E-state index in [1.165, 1.54) is 0 Å². The SMILES string of the molecule is CC(C)C(=O)Nc1c2c(nn1-c1cccc(Cl)c1)CS(=O)C2. The average Bonchev–Trinajstić information content (AvgIpc) is 2.96. The maximum Gasteiger partial charge on any atom is 0.228 e. The van der Waals surface area contributed by atoms with E-state index in [4.69, 9.17) is 11.6 Å². The number of anilines is 1. The van der Waals surface area contributed by atoms with E-state index in [1.54, 1.807) is 16.8 Å². The minimum Gasteiger partial charge on any atom is -0.310 e. The Bertz CT molecular complexity index is 770. The normalized spacial score (nSPS) is 16.8. The summed E-state index contributed by atoms with van der Waals surface area (Å²) in [5.74, 6) is 1.20. The van der Waals surface area contributed by atoms with Crippen LogP contribution in [0.2, 0.25) is 5.02 Å². The van der Waals surface area contributed by atoms with Crippen LogP contribution in [0.25, 0.3) is 5.69 Å². The van der Waals surface area contributed by atoms with Crippen molar-refractivity contribution in [2.45, 2.75) is 25.4 Å². The predicted molar refractivity (Wildman–Crippen MR) is 87.6 cm³/mol. The molecule has 0 fully saturated rings. The third kappa shape index (κ3) is 2.80. The zero-order valence-corrected chi connectivity index (χ0v) is 13.9. The largest absolute Gasteiger partial charge is 0.310 e. The lowest BCUT2D eigenvalue weighted by Gasteiger charge is -2.12. The molecule has 1 N–H and O–H groups in total. The smallest absolute Gasteiger partial charge is 0.228 e. The summed E-state index contributed by atoms with van der Waals surface area (Å²) in [4.78, 5) is 12.1. The summed E-state index contributed by atoms with van der Waals surface area (Å²) in [6, 6.07) is 7.27.